The smallest absolute Gasteiger partial charge is 0.138 e. The zero-order valence-electron chi connectivity index (χ0n) is 8.68. The van der Waals surface area contributed by atoms with Crippen molar-refractivity contribution in [3.63, 3.8) is 0 Å². The molecule has 2 unspecified atom stereocenters. The molecular weight excluding hydrogens is 233 g/mol. The van der Waals surface area contributed by atoms with Crippen molar-refractivity contribution < 1.29 is 4.74 Å². The van der Waals surface area contributed by atoms with Crippen molar-refractivity contribution >= 4 is 23.2 Å². The van der Waals surface area contributed by atoms with E-state index in [1.807, 2.05) is 6.07 Å². The van der Waals surface area contributed by atoms with Gasteiger partial charge < -0.3 is 10.1 Å². The number of methoxy groups -OCH3 is 1. The minimum atomic E-state index is 0.320. The van der Waals surface area contributed by atoms with Crippen molar-refractivity contribution in [1.29, 1.82) is 0 Å². The molecule has 1 saturated heterocycles. The van der Waals surface area contributed by atoms with Crippen LogP contribution in [0, 0.1) is 5.92 Å². The van der Waals surface area contributed by atoms with Gasteiger partial charge in [0, 0.05) is 23.7 Å². The van der Waals surface area contributed by atoms with Gasteiger partial charge in [0.25, 0.3) is 0 Å². The lowest BCUT2D eigenvalue weighted by Gasteiger charge is -2.36. The predicted octanol–water partition coefficient (Wildman–Crippen LogP) is 3.28. The maximum Gasteiger partial charge on any atom is 0.138 e. The normalized spacial score (nSPS) is 24.8. The van der Waals surface area contributed by atoms with E-state index in [9.17, 15) is 0 Å². The lowest BCUT2D eigenvalue weighted by Crippen LogP contribution is -2.44. The number of halogens is 2. The van der Waals surface area contributed by atoms with E-state index >= 15 is 0 Å². The number of hydrogen-bond donors (Lipinski definition) is 1. The van der Waals surface area contributed by atoms with Gasteiger partial charge in [-0.1, -0.05) is 30.1 Å². The van der Waals surface area contributed by atoms with Crippen molar-refractivity contribution in [2.24, 2.45) is 5.92 Å². The van der Waals surface area contributed by atoms with E-state index in [1.165, 1.54) is 0 Å². The van der Waals surface area contributed by atoms with E-state index in [1.54, 1.807) is 13.2 Å². The first-order valence-corrected chi connectivity index (χ1v) is 5.65. The molecule has 2 atom stereocenters. The number of hydrogen-bond acceptors (Lipinski definition) is 2. The number of ether oxygens (including phenoxy) is 1. The summed E-state index contributed by atoms with van der Waals surface area (Å²) in [6.07, 6.45) is 0. The fourth-order valence-corrected chi connectivity index (χ4v) is 2.35. The average Bonchev–Trinajstić information content (AvgIpc) is 2.20. The Balaban J connectivity index is 2.36. The van der Waals surface area contributed by atoms with Gasteiger partial charge in [-0.25, -0.2) is 0 Å². The van der Waals surface area contributed by atoms with Crippen molar-refractivity contribution in [1.82, 2.24) is 5.32 Å². The molecule has 1 heterocycles. The van der Waals surface area contributed by atoms with Crippen LogP contribution < -0.4 is 10.1 Å². The average molecular weight is 246 g/mol. The topological polar surface area (TPSA) is 21.3 Å². The number of nitrogens with one attached hydrogen (secondary N) is 1. The van der Waals surface area contributed by atoms with Crippen LogP contribution in [0.1, 0.15) is 18.5 Å². The van der Waals surface area contributed by atoms with Gasteiger partial charge in [0.2, 0.25) is 0 Å². The van der Waals surface area contributed by atoms with Crippen LogP contribution in [0.5, 0.6) is 5.75 Å². The van der Waals surface area contributed by atoms with Gasteiger partial charge in [-0.05, 0) is 17.5 Å². The largest absolute Gasteiger partial charge is 0.495 e. The molecule has 1 aromatic carbocycles. The van der Waals surface area contributed by atoms with Crippen molar-refractivity contribution in [3.05, 3.63) is 27.7 Å². The summed E-state index contributed by atoms with van der Waals surface area (Å²) in [4.78, 5) is 0. The van der Waals surface area contributed by atoms with Gasteiger partial charge in [-0.3, -0.25) is 0 Å². The van der Waals surface area contributed by atoms with Crippen LogP contribution in [0.3, 0.4) is 0 Å². The summed E-state index contributed by atoms with van der Waals surface area (Å²) in [5.41, 5.74) is 1.06. The van der Waals surface area contributed by atoms with Crippen LogP contribution in [-0.4, -0.2) is 13.7 Å². The van der Waals surface area contributed by atoms with E-state index < -0.39 is 0 Å². The third-order valence-corrected chi connectivity index (χ3v) is 3.46. The molecule has 2 nitrogen and oxygen atoms in total. The Morgan fingerprint density at radius 2 is 2.07 bits per heavy atom. The molecule has 1 aromatic rings. The molecule has 0 spiro atoms. The minimum Gasteiger partial charge on any atom is -0.495 e. The number of benzene rings is 1. The summed E-state index contributed by atoms with van der Waals surface area (Å²) < 4.78 is 5.10. The molecular formula is C11H13Cl2NO. The first-order chi connectivity index (χ1) is 7.13. The Morgan fingerprint density at radius 3 is 2.53 bits per heavy atom. The van der Waals surface area contributed by atoms with E-state index in [0.29, 0.717) is 27.8 Å². The zero-order valence-corrected chi connectivity index (χ0v) is 10.2. The summed E-state index contributed by atoms with van der Waals surface area (Å²) in [5, 5.41) is 4.65. The first kappa shape index (κ1) is 11.1. The van der Waals surface area contributed by atoms with Crippen LogP contribution in [-0.2, 0) is 0 Å². The Bertz CT molecular complexity index is 381. The van der Waals surface area contributed by atoms with Gasteiger partial charge in [0.1, 0.15) is 5.75 Å². The Hall–Kier alpha value is -0.440. The lowest BCUT2D eigenvalue weighted by atomic mass is 9.87. The second-order valence-corrected chi connectivity index (χ2v) is 4.69. The fraction of sp³-hybridized carbons (Fsp3) is 0.455. The first-order valence-electron chi connectivity index (χ1n) is 4.89. The van der Waals surface area contributed by atoms with E-state index in [-0.39, 0.29) is 0 Å². The van der Waals surface area contributed by atoms with Crippen LogP contribution in [0.2, 0.25) is 10.0 Å². The fourth-order valence-electron chi connectivity index (χ4n) is 1.83. The third kappa shape index (κ3) is 1.94. The van der Waals surface area contributed by atoms with E-state index in [2.05, 4.69) is 12.2 Å². The molecule has 4 heteroatoms. The predicted molar refractivity (Wildman–Crippen MR) is 62.9 cm³/mol. The molecule has 0 aromatic heterocycles. The maximum atomic E-state index is 6.17. The highest BCUT2D eigenvalue weighted by Crippen LogP contribution is 2.38. The Kier molecular flexibility index (Phi) is 3.10. The highest BCUT2D eigenvalue weighted by Gasteiger charge is 2.29. The molecule has 0 radical (unpaired) electrons. The van der Waals surface area contributed by atoms with E-state index in [4.69, 9.17) is 27.9 Å². The Morgan fingerprint density at radius 1 is 1.33 bits per heavy atom. The maximum absolute atomic E-state index is 6.17. The van der Waals surface area contributed by atoms with Crippen LogP contribution in [0.15, 0.2) is 12.1 Å². The standard InChI is InChI=1S/C11H13Cl2NO/c1-6-5-14-11(6)7-3-9(13)10(15-2)4-8(7)12/h3-4,6,11,14H,5H2,1-2H3. The monoisotopic (exact) mass is 245 g/mol. The van der Waals surface area contributed by atoms with Crippen molar-refractivity contribution in [2.75, 3.05) is 13.7 Å². The molecule has 1 aliphatic heterocycles. The van der Waals surface area contributed by atoms with Crippen molar-refractivity contribution in [2.45, 2.75) is 13.0 Å². The van der Waals surface area contributed by atoms with Gasteiger partial charge in [0.05, 0.1) is 12.1 Å². The molecule has 15 heavy (non-hydrogen) atoms. The summed E-state index contributed by atoms with van der Waals surface area (Å²) in [6, 6.07) is 3.98. The molecule has 0 aliphatic carbocycles. The molecule has 2 rings (SSSR count). The molecule has 0 amide bonds. The van der Waals surface area contributed by atoms with Crippen LogP contribution >= 0.6 is 23.2 Å². The zero-order chi connectivity index (χ0) is 11.0. The van der Waals surface area contributed by atoms with Gasteiger partial charge in [0.15, 0.2) is 0 Å². The van der Waals surface area contributed by atoms with E-state index in [0.717, 1.165) is 12.1 Å². The minimum absolute atomic E-state index is 0.320. The van der Waals surface area contributed by atoms with Gasteiger partial charge >= 0.3 is 0 Å². The summed E-state index contributed by atoms with van der Waals surface area (Å²) in [7, 11) is 1.58. The molecule has 82 valence electrons. The summed E-state index contributed by atoms with van der Waals surface area (Å²) in [5.74, 6) is 1.23. The highest BCUT2D eigenvalue weighted by molar-refractivity contribution is 6.34. The van der Waals surface area contributed by atoms with Gasteiger partial charge in [-0.15, -0.1) is 0 Å². The molecule has 1 N–H and O–H groups in total. The third-order valence-electron chi connectivity index (χ3n) is 2.83. The second kappa shape index (κ2) is 4.20. The molecule has 1 fully saturated rings. The Labute approximate surface area is 99.5 Å². The summed E-state index contributed by atoms with van der Waals surface area (Å²) >= 11 is 12.2. The molecule has 0 bridgehead atoms. The SMILES string of the molecule is COc1cc(Cl)c(C2NCC2C)cc1Cl. The van der Waals surface area contributed by atoms with Crippen LogP contribution in [0.25, 0.3) is 0 Å². The number of rotatable bonds is 2. The second-order valence-electron chi connectivity index (χ2n) is 3.87. The quantitative estimate of drug-likeness (QED) is 0.864. The lowest BCUT2D eigenvalue weighted by molar-refractivity contribution is 0.258. The molecule has 0 saturated carbocycles. The highest BCUT2D eigenvalue weighted by atomic mass is 35.5. The summed E-state index contributed by atoms with van der Waals surface area (Å²) in [6.45, 7) is 3.22. The van der Waals surface area contributed by atoms with Crippen molar-refractivity contribution in [3.8, 4) is 5.75 Å². The van der Waals surface area contributed by atoms with Gasteiger partial charge in [-0.2, -0.15) is 0 Å². The molecule has 1 aliphatic rings. The van der Waals surface area contributed by atoms with Crippen LogP contribution in [0.4, 0.5) is 0 Å².